The summed E-state index contributed by atoms with van der Waals surface area (Å²) in [5.41, 5.74) is -0.0838. The maximum atomic E-state index is 10.7. The molecule has 2 aromatic rings. The van der Waals surface area contributed by atoms with E-state index in [0.29, 0.717) is 18.8 Å². The largest absolute Gasteiger partial charge is 0.369 e. The topological polar surface area (TPSA) is 85.9 Å². The minimum atomic E-state index is -0.502. The van der Waals surface area contributed by atoms with Crippen LogP contribution in [0.4, 0.5) is 11.5 Å². The van der Waals surface area contributed by atoms with Gasteiger partial charge in [0.1, 0.15) is 16.8 Å². The van der Waals surface area contributed by atoms with Gasteiger partial charge in [0.2, 0.25) is 0 Å². The van der Waals surface area contributed by atoms with Gasteiger partial charge in [-0.1, -0.05) is 11.6 Å². The maximum Gasteiger partial charge on any atom is 0.276 e. The van der Waals surface area contributed by atoms with E-state index in [2.05, 4.69) is 15.3 Å². The summed E-state index contributed by atoms with van der Waals surface area (Å²) in [6.45, 7) is 0.565. The van der Waals surface area contributed by atoms with Crippen molar-refractivity contribution >= 4 is 23.1 Å². The monoisotopic (exact) mass is 281 g/mol. The highest BCUT2D eigenvalue weighted by molar-refractivity contribution is 6.29. The van der Waals surface area contributed by atoms with Crippen LogP contribution in [-0.2, 0) is 13.5 Å². The van der Waals surface area contributed by atoms with E-state index in [1.807, 2.05) is 17.8 Å². The predicted molar refractivity (Wildman–Crippen MR) is 71.3 cm³/mol. The molecule has 0 aliphatic carbocycles. The van der Waals surface area contributed by atoms with Crippen molar-refractivity contribution in [1.29, 1.82) is 0 Å². The van der Waals surface area contributed by atoms with Gasteiger partial charge < -0.3 is 9.88 Å². The fourth-order valence-electron chi connectivity index (χ4n) is 1.62. The number of aryl methyl sites for hydroxylation is 1. The Morgan fingerprint density at radius 3 is 2.95 bits per heavy atom. The van der Waals surface area contributed by atoms with Gasteiger partial charge >= 0.3 is 0 Å². The van der Waals surface area contributed by atoms with Crippen molar-refractivity contribution < 1.29 is 4.92 Å². The van der Waals surface area contributed by atoms with Crippen LogP contribution in [0.3, 0.4) is 0 Å². The first-order valence-electron chi connectivity index (χ1n) is 5.58. The Kier molecular flexibility index (Phi) is 3.96. The number of anilines is 1. The van der Waals surface area contributed by atoms with Crippen molar-refractivity contribution in [3.8, 4) is 0 Å². The highest BCUT2D eigenvalue weighted by Gasteiger charge is 2.10. The average molecular weight is 282 g/mol. The van der Waals surface area contributed by atoms with Gasteiger partial charge in [0.15, 0.2) is 0 Å². The second-order valence-electron chi connectivity index (χ2n) is 3.92. The van der Waals surface area contributed by atoms with Crippen LogP contribution in [0.1, 0.15) is 5.82 Å². The molecular formula is C11H12ClN5O2. The van der Waals surface area contributed by atoms with Gasteiger partial charge in [-0.3, -0.25) is 10.1 Å². The number of rotatable bonds is 5. The third kappa shape index (κ3) is 3.41. The molecule has 1 N–H and O–H groups in total. The second-order valence-corrected chi connectivity index (χ2v) is 4.31. The van der Waals surface area contributed by atoms with Gasteiger partial charge in [-0.2, -0.15) is 0 Å². The lowest BCUT2D eigenvalue weighted by atomic mass is 10.3. The molecule has 19 heavy (non-hydrogen) atoms. The van der Waals surface area contributed by atoms with Crippen molar-refractivity contribution in [3.05, 3.63) is 45.6 Å². The number of pyridine rings is 1. The fraction of sp³-hybridized carbons (Fsp3) is 0.273. The first-order valence-corrected chi connectivity index (χ1v) is 5.96. The summed E-state index contributed by atoms with van der Waals surface area (Å²) in [7, 11) is 1.91. The van der Waals surface area contributed by atoms with E-state index >= 15 is 0 Å². The van der Waals surface area contributed by atoms with E-state index in [9.17, 15) is 10.1 Å². The van der Waals surface area contributed by atoms with E-state index in [-0.39, 0.29) is 10.8 Å². The molecule has 0 aliphatic heterocycles. The van der Waals surface area contributed by atoms with Crippen LogP contribution in [0.25, 0.3) is 0 Å². The summed E-state index contributed by atoms with van der Waals surface area (Å²) in [6.07, 6.45) is 4.26. The molecule has 0 atom stereocenters. The lowest BCUT2D eigenvalue weighted by molar-refractivity contribution is -0.384. The van der Waals surface area contributed by atoms with Crippen LogP contribution in [0.15, 0.2) is 24.5 Å². The molecule has 0 amide bonds. The molecule has 0 saturated heterocycles. The molecule has 2 heterocycles. The average Bonchev–Trinajstić information content (AvgIpc) is 2.74. The Hall–Kier alpha value is -2.15. The summed E-state index contributed by atoms with van der Waals surface area (Å²) < 4.78 is 1.91. The SMILES string of the molecule is Cn1ccnc1CCNc1cc([N+](=O)[O-])cc(Cl)n1. The predicted octanol–water partition coefficient (Wildman–Crippen LogP) is 2.03. The molecule has 100 valence electrons. The summed E-state index contributed by atoms with van der Waals surface area (Å²) >= 11 is 5.73. The standard InChI is InChI=1S/C11H12ClN5O2/c1-16-5-4-14-11(16)2-3-13-10-7-8(17(18)19)6-9(12)15-10/h4-7H,2-3H2,1H3,(H,13,15). The van der Waals surface area contributed by atoms with Crippen LogP contribution >= 0.6 is 11.6 Å². The van der Waals surface area contributed by atoms with Crippen LogP contribution < -0.4 is 5.32 Å². The highest BCUT2D eigenvalue weighted by Crippen LogP contribution is 2.20. The minimum Gasteiger partial charge on any atom is -0.369 e. The summed E-state index contributed by atoms with van der Waals surface area (Å²) in [5.74, 6) is 1.30. The zero-order valence-corrected chi connectivity index (χ0v) is 11.0. The minimum absolute atomic E-state index is 0.0838. The van der Waals surface area contributed by atoms with Crippen LogP contribution in [-0.4, -0.2) is 26.0 Å². The lowest BCUT2D eigenvalue weighted by Gasteiger charge is -2.06. The van der Waals surface area contributed by atoms with Crippen LogP contribution in [0.5, 0.6) is 0 Å². The molecule has 0 aromatic carbocycles. The highest BCUT2D eigenvalue weighted by atomic mass is 35.5. The van der Waals surface area contributed by atoms with Gasteiger partial charge in [-0.05, 0) is 0 Å². The van der Waals surface area contributed by atoms with Gasteiger partial charge in [0.25, 0.3) is 5.69 Å². The number of nitrogens with one attached hydrogen (secondary N) is 1. The van der Waals surface area contributed by atoms with Crippen molar-refractivity contribution in [2.45, 2.75) is 6.42 Å². The number of nitro groups is 1. The van der Waals surface area contributed by atoms with Crippen molar-refractivity contribution in [2.24, 2.45) is 7.05 Å². The summed E-state index contributed by atoms with van der Waals surface area (Å²) in [5, 5.41) is 13.8. The number of imidazole rings is 1. The Labute approximate surface area is 114 Å². The first-order chi connectivity index (χ1) is 9.06. The smallest absolute Gasteiger partial charge is 0.276 e. The molecule has 0 fully saturated rings. The van der Waals surface area contributed by atoms with Crippen LogP contribution in [0, 0.1) is 10.1 Å². The van der Waals surface area contributed by atoms with E-state index in [0.717, 1.165) is 5.82 Å². The lowest BCUT2D eigenvalue weighted by Crippen LogP contribution is -2.09. The molecule has 8 heteroatoms. The summed E-state index contributed by atoms with van der Waals surface area (Å²) in [4.78, 5) is 18.3. The second kappa shape index (κ2) is 5.66. The molecule has 7 nitrogen and oxygen atoms in total. The summed E-state index contributed by atoms with van der Waals surface area (Å²) in [6, 6.07) is 2.57. The zero-order chi connectivity index (χ0) is 13.8. The van der Waals surface area contributed by atoms with E-state index < -0.39 is 4.92 Å². The number of hydrogen-bond donors (Lipinski definition) is 1. The van der Waals surface area contributed by atoms with Crippen molar-refractivity contribution in [3.63, 3.8) is 0 Å². The Morgan fingerprint density at radius 2 is 2.32 bits per heavy atom. The molecule has 0 spiro atoms. The molecule has 2 aromatic heterocycles. The third-order valence-electron chi connectivity index (χ3n) is 2.57. The third-order valence-corrected chi connectivity index (χ3v) is 2.76. The number of aromatic nitrogens is 3. The van der Waals surface area contributed by atoms with Gasteiger partial charge in [0.05, 0.1) is 17.1 Å². The van der Waals surface area contributed by atoms with Gasteiger partial charge in [-0.15, -0.1) is 0 Å². The molecule has 0 radical (unpaired) electrons. The first kappa shape index (κ1) is 13.3. The molecule has 0 saturated carbocycles. The van der Waals surface area contributed by atoms with Gasteiger partial charge in [0, 0.05) is 32.4 Å². The number of halogens is 1. The molecule has 0 bridgehead atoms. The molecule has 0 unspecified atom stereocenters. The molecular weight excluding hydrogens is 270 g/mol. The number of nitrogens with zero attached hydrogens (tertiary/aromatic N) is 4. The number of hydrogen-bond acceptors (Lipinski definition) is 5. The Bertz CT molecular complexity index is 599. The van der Waals surface area contributed by atoms with E-state index in [4.69, 9.17) is 11.6 Å². The molecule has 0 aliphatic rings. The van der Waals surface area contributed by atoms with Gasteiger partial charge in [-0.25, -0.2) is 9.97 Å². The normalized spacial score (nSPS) is 10.4. The van der Waals surface area contributed by atoms with E-state index in [1.165, 1.54) is 12.1 Å². The van der Waals surface area contributed by atoms with Crippen molar-refractivity contribution in [1.82, 2.24) is 14.5 Å². The van der Waals surface area contributed by atoms with Crippen LogP contribution in [0.2, 0.25) is 5.15 Å². The Morgan fingerprint density at radius 1 is 1.53 bits per heavy atom. The molecule has 2 rings (SSSR count). The zero-order valence-electron chi connectivity index (χ0n) is 10.2. The fourth-order valence-corrected chi connectivity index (χ4v) is 1.82. The maximum absolute atomic E-state index is 10.7. The van der Waals surface area contributed by atoms with E-state index in [1.54, 1.807) is 6.20 Å². The van der Waals surface area contributed by atoms with Crippen molar-refractivity contribution in [2.75, 3.05) is 11.9 Å². The quantitative estimate of drug-likeness (QED) is 0.515. The Balaban J connectivity index is 2.00.